The molecule has 0 saturated carbocycles. The van der Waals surface area contributed by atoms with Crippen molar-refractivity contribution in [3.05, 3.63) is 57.8 Å². The molecule has 1 N–H and O–H groups in total. The number of carbonyl (C=O) groups is 1. The predicted molar refractivity (Wildman–Crippen MR) is 78.4 cm³/mol. The Labute approximate surface area is 126 Å². The van der Waals surface area contributed by atoms with Crippen LogP contribution in [0.1, 0.15) is 16.1 Å². The van der Waals surface area contributed by atoms with Crippen molar-refractivity contribution < 1.29 is 9.53 Å². The van der Waals surface area contributed by atoms with Gasteiger partial charge in [-0.2, -0.15) is 0 Å². The fourth-order valence-electron chi connectivity index (χ4n) is 1.63. The molecule has 0 saturated heterocycles. The summed E-state index contributed by atoms with van der Waals surface area (Å²) in [6.07, 6.45) is 1.67. The fraction of sp³-hybridized carbons (Fsp3) is 0.143. The first-order chi connectivity index (χ1) is 9.61. The van der Waals surface area contributed by atoms with E-state index in [0.717, 1.165) is 5.69 Å². The smallest absolute Gasteiger partial charge is 0.253 e. The van der Waals surface area contributed by atoms with Crippen molar-refractivity contribution in [2.24, 2.45) is 0 Å². The number of methoxy groups -OCH3 is 1. The molecule has 1 amide bonds. The molecule has 0 spiro atoms. The fourth-order valence-corrected chi connectivity index (χ4v) is 2.11. The molecule has 0 radical (unpaired) electrons. The lowest BCUT2D eigenvalue weighted by Crippen LogP contribution is -2.23. The van der Waals surface area contributed by atoms with Crippen LogP contribution in [0, 0.1) is 0 Å². The molecule has 20 heavy (non-hydrogen) atoms. The Balaban J connectivity index is 2.11. The van der Waals surface area contributed by atoms with Gasteiger partial charge in [-0.25, -0.2) is 0 Å². The molecular formula is C14H12Cl2N2O2. The standard InChI is InChI=1S/C14H12Cl2N2O2/c1-20-13-7-11(15)10(6-12(13)16)14(19)18-8-9-4-2-3-5-17-9/h2-7H,8H2,1H3,(H,18,19). The van der Waals surface area contributed by atoms with Gasteiger partial charge in [0.2, 0.25) is 0 Å². The molecule has 0 aliphatic rings. The van der Waals surface area contributed by atoms with Gasteiger partial charge in [0.05, 0.1) is 35.0 Å². The first-order valence-electron chi connectivity index (χ1n) is 5.83. The van der Waals surface area contributed by atoms with E-state index in [4.69, 9.17) is 27.9 Å². The van der Waals surface area contributed by atoms with E-state index in [-0.39, 0.29) is 10.9 Å². The summed E-state index contributed by atoms with van der Waals surface area (Å²) >= 11 is 12.0. The largest absolute Gasteiger partial charge is 0.495 e. The summed E-state index contributed by atoms with van der Waals surface area (Å²) in [5.74, 6) is 0.114. The Morgan fingerprint density at radius 3 is 2.75 bits per heavy atom. The van der Waals surface area contributed by atoms with Gasteiger partial charge in [-0.15, -0.1) is 0 Å². The minimum atomic E-state index is -0.315. The molecule has 0 atom stereocenters. The monoisotopic (exact) mass is 310 g/mol. The van der Waals surface area contributed by atoms with E-state index >= 15 is 0 Å². The summed E-state index contributed by atoms with van der Waals surface area (Å²) < 4.78 is 5.03. The molecule has 0 unspecified atom stereocenters. The lowest BCUT2D eigenvalue weighted by atomic mass is 10.2. The number of hydrogen-bond donors (Lipinski definition) is 1. The molecular weight excluding hydrogens is 299 g/mol. The van der Waals surface area contributed by atoms with Crippen molar-refractivity contribution in [3.8, 4) is 5.75 Å². The Morgan fingerprint density at radius 1 is 1.30 bits per heavy atom. The summed E-state index contributed by atoms with van der Waals surface area (Å²) in [6, 6.07) is 8.48. The van der Waals surface area contributed by atoms with Crippen LogP contribution in [-0.4, -0.2) is 18.0 Å². The van der Waals surface area contributed by atoms with Crippen molar-refractivity contribution >= 4 is 29.1 Å². The van der Waals surface area contributed by atoms with Crippen LogP contribution in [0.2, 0.25) is 10.0 Å². The molecule has 0 bridgehead atoms. The third-order valence-corrected chi connectivity index (χ3v) is 3.25. The van der Waals surface area contributed by atoms with Gasteiger partial charge in [-0.3, -0.25) is 9.78 Å². The quantitative estimate of drug-likeness (QED) is 0.942. The molecule has 0 aliphatic heterocycles. The minimum Gasteiger partial charge on any atom is -0.495 e. The molecule has 1 aromatic carbocycles. The molecule has 0 aliphatic carbocycles. The second-order valence-electron chi connectivity index (χ2n) is 3.97. The first-order valence-corrected chi connectivity index (χ1v) is 6.58. The Kier molecular flexibility index (Phi) is 4.82. The minimum absolute atomic E-state index is 0.282. The number of aromatic nitrogens is 1. The van der Waals surface area contributed by atoms with Gasteiger partial charge in [0.1, 0.15) is 5.75 Å². The van der Waals surface area contributed by atoms with Gasteiger partial charge in [-0.1, -0.05) is 29.3 Å². The zero-order valence-corrected chi connectivity index (χ0v) is 12.2. The van der Waals surface area contributed by atoms with Gasteiger partial charge in [0, 0.05) is 12.3 Å². The number of pyridine rings is 1. The highest BCUT2D eigenvalue weighted by atomic mass is 35.5. The van der Waals surface area contributed by atoms with E-state index in [1.165, 1.54) is 19.2 Å². The van der Waals surface area contributed by atoms with E-state index in [2.05, 4.69) is 10.3 Å². The summed E-state index contributed by atoms with van der Waals surface area (Å²) in [7, 11) is 1.48. The Hall–Kier alpha value is -1.78. The highest BCUT2D eigenvalue weighted by Gasteiger charge is 2.14. The normalized spacial score (nSPS) is 10.2. The number of amides is 1. The van der Waals surface area contributed by atoms with Crippen molar-refractivity contribution in [3.63, 3.8) is 0 Å². The van der Waals surface area contributed by atoms with E-state index in [1.54, 1.807) is 6.20 Å². The van der Waals surface area contributed by atoms with Crippen molar-refractivity contribution in [2.45, 2.75) is 6.54 Å². The van der Waals surface area contributed by atoms with Crippen LogP contribution in [-0.2, 0) is 6.54 Å². The molecule has 0 fully saturated rings. The maximum atomic E-state index is 12.1. The second kappa shape index (κ2) is 6.59. The summed E-state index contributed by atoms with van der Waals surface area (Å²) in [4.78, 5) is 16.2. The lowest BCUT2D eigenvalue weighted by molar-refractivity contribution is 0.0950. The average Bonchev–Trinajstić information content (AvgIpc) is 2.47. The van der Waals surface area contributed by atoms with Gasteiger partial charge in [0.15, 0.2) is 0 Å². The summed E-state index contributed by atoms with van der Waals surface area (Å²) in [6.45, 7) is 0.319. The number of nitrogens with one attached hydrogen (secondary N) is 1. The zero-order valence-electron chi connectivity index (χ0n) is 10.7. The van der Waals surface area contributed by atoms with Crippen LogP contribution >= 0.6 is 23.2 Å². The molecule has 2 aromatic rings. The maximum absolute atomic E-state index is 12.1. The third-order valence-electron chi connectivity index (χ3n) is 2.64. The van der Waals surface area contributed by atoms with E-state index in [1.807, 2.05) is 18.2 Å². The number of carbonyl (C=O) groups excluding carboxylic acids is 1. The Bertz CT molecular complexity index is 618. The summed E-state index contributed by atoms with van der Waals surface area (Å²) in [5, 5.41) is 3.35. The number of ether oxygens (including phenoxy) is 1. The SMILES string of the molecule is COc1cc(Cl)c(C(=O)NCc2ccccn2)cc1Cl. The van der Waals surface area contributed by atoms with Crippen LogP contribution in [0.25, 0.3) is 0 Å². The van der Waals surface area contributed by atoms with Crippen molar-refractivity contribution in [1.29, 1.82) is 0 Å². The molecule has 2 rings (SSSR count). The number of nitrogens with zero attached hydrogens (tertiary/aromatic N) is 1. The topological polar surface area (TPSA) is 51.2 Å². The van der Waals surface area contributed by atoms with E-state index in [0.29, 0.717) is 22.9 Å². The second-order valence-corrected chi connectivity index (χ2v) is 4.78. The predicted octanol–water partition coefficient (Wildman–Crippen LogP) is 3.33. The molecule has 4 nitrogen and oxygen atoms in total. The molecule has 104 valence electrons. The Morgan fingerprint density at radius 2 is 2.10 bits per heavy atom. The van der Waals surface area contributed by atoms with Gasteiger partial charge < -0.3 is 10.1 Å². The zero-order chi connectivity index (χ0) is 14.5. The van der Waals surface area contributed by atoms with E-state index in [9.17, 15) is 4.79 Å². The first kappa shape index (κ1) is 14.6. The van der Waals surface area contributed by atoms with Crippen molar-refractivity contribution in [2.75, 3.05) is 7.11 Å². The number of benzene rings is 1. The number of halogens is 2. The van der Waals surface area contributed by atoms with Crippen LogP contribution in [0.3, 0.4) is 0 Å². The average molecular weight is 311 g/mol. The van der Waals surface area contributed by atoms with Crippen LogP contribution in [0.5, 0.6) is 5.75 Å². The molecule has 1 heterocycles. The van der Waals surface area contributed by atoms with Gasteiger partial charge in [-0.05, 0) is 18.2 Å². The highest BCUT2D eigenvalue weighted by molar-refractivity contribution is 6.36. The van der Waals surface area contributed by atoms with Gasteiger partial charge >= 0.3 is 0 Å². The summed E-state index contributed by atoms with van der Waals surface area (Å²) in [5.41, 5.74) is 1.06. The van der Waals surface area contributed by atoms with E-state index < -0.39 is 0 Å². The van der Waals surface area contributed by atoms with Crippen LogP contribution in [0.4, 0.5) is 0 Å². The van der Waals surface area contributed by atoms with Crippen molar-refractivity contribution in [1.82, 2.24) is 10.3 Å². The third kappa shape index (κ3) is 3.40. The van der Waals surface area contributed by atoms with Crippen LogP contribution in [0.15, 0.2) is 36.5 Å². The maximum Gasteiger partial charge on any atom is 0.253 e. The molecule has 1 aromatic heterocycles. The number of hydrogen-bond acceptors (Lipinski definition) is 3. The lowest BCUT2D eigenvalue weighted by Gasteiger charge is -2.09. The van der Waals surface area contributed by atoms with Crippen LogP contribution < -0.4 is 10.1 Å². The number of rotatable bonds is 4. The van der Waals surface area contributed by atoms with Gasteiger partial charge in [0.25, 0.3) is 5.91 Å². The highest BCUT2D eigenvalue weighted by Crippen LogP contribution is 2.30. The molecule has 6 heteroatoms.